The van der Waals surface area contributed by atoms with Crippen LogP contribution in [0.25, 0.3) is 6.08 Å². The van der Waals surface area contributed by atoms with E-state index in [2.05, 4.69) is 57.2 Å². The summed E-state index contributed by atoms with van der Waals surface area (Å²) in [6, 6.07) is 16.4. The highest BCUT2D eigenvalue weighted by atomic mass is 16.5. The fourth-order valence-corrected chi connectivity index (χ4v) is 2.97. The highest BCUT2D eigenvalue weighted by molar-refractivity contribution is 5.87. The fourth-order valence-electron chi connectivity index (χ4n) is 2.97. The van der Waals surface area contributed by atoms with Crippen molar-refractivity contribution in [3.63, 3.8) is 0 Å². The number of methoxy groups -OCH3 is 1. The first-order valence-corrected chi connectivity index (χ1v) is 10.3. The van der Waals surface area contributed by atoms with Gasteiger partial charge in [-0.05, 0) is 69.4 Å². The van der Waals surface area contributed by atoms with Gasteiger partial charge in [0, 0.05) is 11.6 Å². The molecule has 0 saturated heterocycles. The molecule has 0 atom stereocenters. The van der Waals surface area contributed by atoms with Crippen molar-refractivity contribution in [2.24, 2.45) is 0 Å². The summed E-state index contributed by atoms with van der Waals surface area (Å²) in [7, 11) is 1.37. The van der Waals surface area contributed by atoms with Crippen LogP contribution in [0.15, 0.2) is 77.9 Å². The highest BCUT2D eigenvalue weighted by Crippen LogP contribution is 2.24. The van der Waals surface area contributed by atoms with Gasteiger partial charge in [-0.2, -0.15) is 0 Å². The smallest absolute Gasteiger partial charge is 0.330 e. The Hall–Kier alpha value is -3.07. The van der Waals surface area contributed by atoms with Gasteiger partial charge in [0.2, 0.25) is 0 Å². The molecule has 158 valence electrons. The lowest BCUT2D eigenvalue weighted by atomic mass is 10.0. The Morgan fingerprint density at radius 1 is 0.967 bits per heavy atom. The minimum atomic E-state index is -0.385. The van der Waals surface area contributed by atoms with E-state index in [0.29, 0.717) is 6.61 Å². The third kappa shape index (κ3) is 8.52. The van der Waals surface area contributed by atoms with Crippen LogP contribution in [-0.2, 0) is 16.0 Å². The molecule has 0 spiro atoms. The Bertz CT molecular complexity index is 901. The molecule has 30 heavy (non-hydrogen) atoms. The second-order valence-corrected chi connectivity index (χ2v) is 7.57. The van der Waals surface area contributed by atoms with Gasteiger partial charge in [-0.1, -0.05) is 59.7 Å². The summed E-state index contributed by atoms with van der Waals surface area (Å²) in [4.78, 5) is 11.5. The van der Waals surface area contributed by atoms with Crippen molar-refractivity contribution in [2.45, 2.75) is 40.0 Å². The van der Waals surface area contributed by atoms with Crippen LogP contribution in [0.5, 0.6) is 5.75 Å². The number of ether oxygens (including phenoxy) is 2. The van der Waals surface area contributed by atoms with Crippen molar-refractivity contribution < 1.29 is 14.3 Å². The lowest BCUT2D eigenvalue weighted by molar-refractivity contribution is -0.134. The van der Waals surface area contributed by atoms with Crippen molar-refractivity contribution in [1.82, 2.24) is 0 Å². The summed E-state index contributed by atoms with van der Waals surface area (Å²) in [6.45, 7) is 6.86. The van der Waals surface area contributed by atoms with E-state index in [1.54, 1.807) is 6.08 Å². The maximum Gasteiger partial charge on any atom is 0.330 e. The molecule has 0 saturated carbocycles. The summed E-state index contributed by atoms with van der Waals surface area (Å²) in [5.41, 5.74) is 5.91. The Morgan fingerprint density at radius 3 is 2.43 bits per heavy atom. The molecule has 0 aliphatic heterocycles. The van der Waals surface area contributed by atoms with E-state index in [1.807, 2.05) is 24.3 Å². The van der Waals surface area contributed by atoms with Gasteiger partial charge < -0.3 is 9.47 Å². The number of carbonyl (C=O) groups excluding carboxylic acids is 1. The SMILES string of the molecule is COC(=O)/C=C/c1ccc(Cc2ccccc2)cc1OC/C=C(\C)CCC=C(C)C. The molecule has 0 radical (unpaired) electrons. The van der Waals surface area contributed by atoms with Gasteiger partial charge in [-0.25, -0.2) is 4.79 Å². The highest BCUT2D eigenvalue weighted by Gasteiger charge is 2.05. The van der Waals surface area contributed by atoms with Crippen LogP contribution in [-0.4, -0.2) is 19.7 Å². The number of rotatable bonds is 10. The predicted octanol–water partition coefficient (Wildman–Crippen LogP) is 6.54. The van der Waals surface area contributed by atoms with Gasteiger partial charge >= 0.3 is 5.97 Å². The number of benzene rings is 2. The van der Waals surface area contributed by atoms with Crippen LogP contribution in [0.4, 0.5) is 0 Å². The van der Waals surface area contributed by atoms with Crippen LogP contribution in [0.1, 0.15) is 50.3 Å². The number of carbonyl (C=O) groups is 1. The molecule has 0 aliphatic rings. The molecule has 0 N–H and O–H groups in total. The standard InChI is InChI=1S/C27H32O3/c1-21(2)9-8-10-22(3)17-18-30-26-20-24(19-23-11-6-5-7-12-23)13-14-25(26)15-16-27(28)29-4/h5-7,9,11-17,20H,8,10,18-19H2,1-4H3/b16-15+,22-17+. The third-order valence-corrected chi connectivity index (χ3v) is 4.69. The Balaban J connectivity index is 2.13. The molecule has 0 fully saturated rings. The van der Waals surface area contributed by atoms with Crippen LogP contribution in [0.3, 0.4) is 0 Å². The van der Waals surface area contributed by atoms with E-state index in [-0.39, 0.29) is 5.97 Å². The quantitative estimate of drug-likeness (QED) is 0.256. The van der Waals surface area contributed by atoms with Gasteiger partial charge in [0.05, 0.1) is 7.11 Å². The molecular formula is C27H32O3. The number of allylic oxidation sites excluding steroid dienone is 3. The van der Waals surface area contributed by atoms with Crippen LogP contribution in [0.2, 0.25) is 0 Å². The first-order valence-electron chi connectivity index (χ1n) is 10.3. The molecule has 2 aromatic carbocycles. The van der Waals surface area contributed by atoms with Crippen molar-refractivity contribution >= 4 is 12.0 Å². The van der Waals surface area contributed by atoms with E-state index in [4.69, 9.17) is 9.47 Å². The van der Waals surface area contributed by atoms with E-state index in [1.165, 1.54) is 29.9 Å². The second-order valence-electron chi connectivity index (χ2n) is 7.57. The maximum absolute atomic E-state index is 11.5. The molecule has 0 heterocycles. The minimum Gasteiger partial charge on any atom is -0.489 e. The molecule has 0 amide bonds. The van der Waals surface area contributed by atoms with Gasteiger partial charge in [0.25, 0.3) is 0 Å². The van der Waals surface area contributed by atoms with E-state index in [0.717, 1.165) is 36.1 Å². The second kappa shape index (κ2) is 12.5. The van der Waals surface area contributed by atoms with Crippen LogP contribution < -0.4 is 4.74 Å². The maximum atomic E-state index is 11.5. The first kappa shape index (κ1) is 23.2. The lowest BCUT2D eigenvalue weighted by Gasteiger charge is -2.11. The normalized spacial score (nSPS) is 11.4. The molecule has 0 aromatic heterocycles. The molecule has 0 aliphatic carbocycles. The molecule has 2 aromatic rings. The summed E-state index contributed by atoms with van der Waals surface area (Å²) < 4.78 is 10.8. The Kier molecular flexibility index (Phi) is 9.66. The van der Waals surface area contributed by atoms with Gasteiger partial charge in [0.1, 0.15) is 12.4 Å². The van der Waals surface area contributed by atoms with Gasteiger partial charge in [0.15, 0.2) is 0 Å². The van der Waals surface area contributed by atoms with Crippen molar-refractivity contribution in [2.75, 3.05) is 13.7 Å². The third-order valence-electron chi connectivity index (χ3n) is 4.69. The summed E-state index contributed by atoms with van der Waals surface area (Å²) >= 11 is 0. The number of hydrogen-bond acceptors (Lipinski definition) is 3. The first-order chi connectivity index (χ1) is 14.5. The van der Waals surface area contributed by atoms with Crippen molar-refractivity contribution in [3.05, 3.63) is 94.6 Å². The van der Waals surface area contributed by atoms with E-state index < -0.39 is 0 Å². The zero-order valence-corrected chi connectivity index (χ0v) is 18.5. The van der Waals surface area contributed by atoms with Crippen molar-refractivity contribution in [1.29, 1.82) is 0 Å². The molecule has 3 heteroatoms. The zero-order chi connectivity index (χ0) is 21.8. The molecule has 3 nitrogen and oxygen atoms in total. The topological polar surface area (TPSA) is 35.5 Å². The van der Waals surface area contributed by atoms with Crippen molar-refractivity contribution in [3.8, 4) is 5.75 Å². The summed E-state index contributed by atoms with van der Waals surface area (Å²) in [5, 5.41) is 0. The molecule has 0 bridgehead atoms. The van der Waals surface area contributed by atoms with Gasteiger partial charge in [-0.15, -0.1) is 0 Å². The van der Waals surface area contributed by atoms with E-state index in [9.17, 15) is 4.79 Å². The molecule has 2 rings (SSSR count). The summed E-state index contributed by atoms with van der Waals surface area (Å²) in [6.07, 6.45) is 10.4. The monoisotopic (exact) mass is 404 g/mol. The van der Waals surface area contributed by atoms with E-state index >= 15 is 0 Å². The Labute approximate surface area is 180 Å². The lowest BCUT2D eigenvalue weighted by Crippen LogP contribution is -1.99. The molecule has 0 unspecified atom stereocenters. The predicted molar refractivity (Wildman–Crippen MR) is 125 cm³/mol. The average Bonchev–Trinajstić information content (AvgIpc) is 2.73. The Morgan fingerprint density at radius 2 is 1.73 bits per heavy atom. The minimum absolute atomic E-state index is 0.385. The number of hydrogen-bond donors (Lipinski definition) is 0. The largest absolute Gasteiger partial charge is 0.489 e. The van der Waals surface area contributed by atoms with Gasteiger partial charge in [-0.3, -0.25) is 0 Å². The number of esters is 1. The molecular weight excluding hydrogens is 372 g/mol. The zero-order valence-electron chi connectivity index (χ0n) is 18.5. The average molecular weight is 405 g/mol. The van der Waals surface area contributed by atoms with Crippen LogP contribution >= 0.6 is 0 Å². The fraction of sp³-hybridized carbons (Fsp3) is 0.296. The van der Waals surface area contributed by atoms with Crippen LogP contribution in [0, 0.1) is 0 Å². The summed E-state index contributed by atoms with van der Waals surface area (Å²) in [5.74, 6) is 0.376.